The lowest BCUT2D eigenvalue weighted by molar-refractivity contribution is 1.17. The van der Waals surface area contributed by atoms with Crippen LogP contribution in [0.2, 0.25) is 0 Å². The Kier molecular flexibility index (Phi) is 2.70. The lowest BCUT2D eigenvalue weighted by Crippen LogP contribution is -1.96. The van der Waals surface area contributed by atoms with Crippen LogP contribution in [0.5, 0.6) is 0 Å². The third-order valence-electron chi connectivity index (χ3n) is 7.46. The Balaban J connectivity index is 1.36. The van der Waals surface area contributed by atoms with E-state index in [1.807, 2.05) is 0 Å². The smallest absolute Gasteiger partial charge is 0.0651 e. The molecular formula is C42H28N2. The molecule has 0 amide bonds. The molecule has 2 aromatic heterocycles. The van der Waals surface area contributed by atoms with Crippen LogP contribution in [0, 0.1) is 0 Å². The van der Waals surface area contributed by atoms with Gasteiger partial charge in [-0.2, -0.15) is 0 Å². The van der Waals surface area contributed by atoms with E-state index in [1.165, 1.54) is 9.13 Å². The zero-order valence-corrected chi connectivity index (χ0v) is 22.5. The van der Waals surface area contributed by atoms with E-state index < -0.39 is 137 Å². The molecule has 2 heterocycles. The molecule has 7 aromatic carbocycles. The number of nitrogens with zero attached hydrogens (tertiary/aromatic N) is 2. The SMILES string of the molecule is [2H]c1cc([2H])c(-n2c3ccccc3c3cc(-n4c5c([2H])c([2H])c([2H])c([2H])c5c5c([2H])c([2H])c([2H])c([2H])c54)ccc32)c([2H])c1-c1c([2H])c([2H])c([2H])c(-c2c([2H])c([2H])c([2H])c([2H])c2[2H])c1[2H]. The second kappa shape index (κ2) is 9.86. The predicted octanol–water partition coefficient (Wildman–Crippen LogP) is 11.2. The van der Waals surface area contributed by atoms with E-state index >= 15 is 0 Å². The summed E-state index contributed by atoms with van der Waals surface area (Å²) in [6.07, 6.45) is 0. The minimum atomic E-state index is -0.799. The van der Waals surface area contributed by atoms with E-state index in [9.17, 15) is 2.74 Å². The number of para-hydroxylation sites is 3. The van der Waals surface area contributed by atoms with Gasteiger partial charge in [-0.25, -0.2) is 0 Å². The van der Waals surface area contributed by atoms with Crippen molar-refractivity contribution in [3.05, 3.63) is 169 Å². The largest absolute Gasteiger partial charge is 0.309 e. The van der Waals surface area contributed by atoms with Crippen molar-refractivity contribution in [2.75, 3.05) is 0 Å². The number of benzene rings is 7. The topological polar surface area (TPSA) is 9.86 Å². The van der Waals surface area contributed by atoms with Gasteiger partial charge in [0.25, 0.3) is 0 Å². The number of hydrogen-bond donors (Lipinski definition) is 0. The van der Waals surface area contributed by atoms with Gasteiger partial charge in [-0.05, 0) is 76.7 Å². The highest BCUT2D eigenvalue weighted by atomic mass is 15.0. The van der Waals surface area contributed by atoms with Gasteiger partial charge in [-0.15, -0.1) is 0 Å². The standard InChI is InChI=1S/C42H28N2/c1-2-12-29(13-3-1)30-14-10-15-31(26-30)32-16-11-17-33(27-32)43-41-23-9-6-20-37(41)38-28-34(24-25-42(38)43)44-39-21-7-4-18-35(39)36-19-5-8-22-40(36)44/h1-28H/i1D,2D,3D,4D,5D,7D,8D,10D,12D,13D,14D,15D,16D,17D,18D,19D,21D,22D,26D,27D. The molecular weight excluding hydrogens is 532 g/mol. The van der Waals surface area contributed by atoms with Gasteiger partial charge in [0.2, 0.25) is 0 Å². The molecule has 0 spiro atoms. The van der Waals surface area contributed by atoms with Gasteiger partial charge in [0.1, 0.15) is 0 Å². The number of hydrogen-bond acceptors (Lipinski definition) is 0. The second-order valence-corrected chi connectivity index (χ2v) is 9.87. The summed E-state index contributed by atoms with van der Waals surface area (Å²) >= 11 is 0. The van der Waals surface area contributed by atoms with Crippen LogP contribution in [-0.2, 0) is 0 Å². The average molecular weight is 581 g/mol. The first-order valence-electron chi connectivity index (χ1n) is 23.5. The Hall–Kier alpha value is -5.86. The van der Waals surface area contributed by atoms with E-state index in [1.54, 1.807) is 42.5 Å². The van der Waals surface area contributed by atoms with Crippen molar-refractivity contribution in [2.24, 2.45) is 0 Å². The summed E-state index contributed by atoms with van der Waals surface area (Å²) in [6.45, 7) is 0. The molecule has 0 bridgehead atoms. The summed E-state index contributed by atoms with van der Waals surface area (Å²) in [7, 11) is 0. The molecule has 0 aliphatic rings. The van der Waals surface area contributed by atoms with E-state index in [4.69, 9.17) is 24.7 Å². The maximum Gasteiger partial charge on any atom is 0.0651 e. The summed E-state index contributed by atoms with van der Waals surface area (Å²) in [6, 6.07) is 0.140. The quantitative estimate of drug-likeness (QED) is 0.196. The fraction of sp³-hybridized carbons (Fsp3) is 0. The van der Waals surface area contributed by atoms with Crippen molar-refractivity contribution in [3.8, 4) is 33.6 Å². The molecule has 2 nitrogen and oxygen atoms in total. The first kappa shape index (κ1) is 12.0. The first-order valence-corrected chi connectivity index (χ1v) is 13.5. The maximum absolute atomic E-state index is 9.62. The lowest BCUT2D eigenvalue weighted by Gasteiger charge is -2.12. The van der Waals surface area contributed by atoms with Crippen LogP contribution >= 0.6 is 0 Å². The monoisotopic (exact) mass is 580 g/mol. The number of rotatable bonds is 4. The first-order chi connectivity index (χ1) is 30.1. The molecule has 0 radical (unpaired) electrons. The molecule has 44 heavy (non-hydrogen) atoms. The van der Waals surface area contributed by atoms with Crippen LogP contribution in [0.15, 0.2) is 169 Å². The third-order valence-corrected chi connectivity index (χ3v) is 7.46. The van der Waals surface area contributed by atoms with Crippen LogP contribution in [-0.4, -0.2) is 9.13 Å². The fourth-order valence-corrected chi connectivity index (χ4v) is 5.61. The average Bonchev–Trinajstić information content (AvgIpc) is 3.80. The number of aromatic nitrogens is 2. The van der Waals surface area contributed by atoms with Crippen molar-refractivity contribution >= 4 is 43.6 Å². The molecule has 0 saturated carbocycles. The maximum atomic E-state index is 9.62. The highest BCUT2D eigenvalue weighted by Gasteiger charge is 2.16. The lowest BCUT2D eigenvalue weighted by atomic mass is 9.99. The Morgan fingerprint density at radius 3 is 1.77 bits per heavy atom. The molecule has 0 unspecified atom stereocenters. The second-order valence-electron chi connectivity index (χ2n) is 9.87. The molecule has 0 N–H and O–H groups in total. The van der Waals surface area contributed by atoms with E-state index in [0.29, 0.717) is 21.8 Å². The van der Waals surface area contributed by atoms with E-state index in [2.05, 4.69) is 0 Å². The normalized spacial score (nSPS) is 18.0. The summed E-state index contributed by atoms with van der Waals surface area (Å²) in [5.74, 6) is 0. The van der Waals surface area contributed by atoms with Crippen molar-refractivity contribution in [1.82, 2.24) is 9.13 Å². The molecule has 0 fully saturated rings. The van der Waals surface area contributed by atoms with Crippen molar-refractivity contribution in [2.45, 2.75) is 0 Å². The summed E-state index contributed by atoms with van der Waals surface area (Å²) in [4.78, 5) is 0. The molecule has 0 atom stereocenters. The van der Waals surface area contributed by atoms with Crippen LogP contribution in [0.3, 0.4) is 0 Å². The summed E-state index contributed by atoms with van der Waals surface area (Å²) in [5.41, 5.74) is -1.38. The fourth-order valence-electron chi connectivity index (χ4n) is 5.61. The Morgan fingerprint density at radius 1 is 0.364 bits per heavy atom. The minimum Gasteiger partial charge on any atom is -0.309 e. The predicted molar refractivity (Wildman–Crippen MR) is 186 cm³/mol. The van der Waals surface area contributed by atoms with Gasteiger partial charge in [-0.1, -0.05) is 115 Å². The molecule has 9 aromatic rings. The van der Waals surface area contributed by atoms with Gasteiger partial charge >= 0.3 is 0 Å². The highest BCUT2D eigenvalue weighted by molar-refractivity contribution is 6.12. The Morgan fingerprint density at radius 2 is 0.977 bits per heavy atom. The molecule has 0 aliphatic carbocycles. The van der Waals surface area contributed by atoms with Gasteiger partial charge in [0.15, 0.2) is 0 Å². The number of fused-ring (bicyclic) bond motifs is 6. The Labute approximate surface area is 283 Å². The van der Waals surface area contributed by atoms with Crippen molar-refractivity contribution in [1.29, 1.82) is 0 Å². The molecule has 2 heteroatoms. The van der Waals surface area contributed by atoms with Gasteiger partial charge in [0, 0.05) is 32.9 Å². The zero-order valence-electron chi connectivity index (χ0n) is 42.5. The summed E-state index contributed by atoms with van der Waals surface area (Å²) < 4.78 is 177. The zero-order chi connectivity index (χ0) is 46.4. The molecule has 0 aliphatic heterocycles. The van der Waals surface area contributed by atoms with Crippen molar-refractivity contribution in [3.63, 3.8) is 0 Å². The van der Waals surface area contributed by atoms with Crippen molar-refractivity contribution < 1.29 is 27.4 Å². The molecule has 0 saturated heterocycles. The molecule has 9 rings (SSSR count). The third kappa shape index (κ3) is 3.82. The van der Waals surface area contributed by atoms with Crippen LogP contribution < -0.4 is 0 Å². The highest BCUT2D eigenvalue weighted by Crippen LogP contribution is 2.37. The van der Waals surface area contributed by atoms with Gasteiger partial charge < -0.3 is 9.13 Å². The Bertz CT molecular complexity index is 3520. The minimum absolute atomic E-state index is 0.0958. The van der Waals surface area contributed by atoms with Crippen LogP contribution in [0.4, 0.5) is 0 Å². The van der Waals surface area contributed by atoms with Gasteiger partial charge in [-0.3, -0.25) is 0 Å². The van der Waals surface area contributed by atoms with E-state index in [0.717, 1.165) is 6.07 Å². The molecule has 206 valence electrons. The van der Waals surface area contributed by atoms with E-state index in [-0.39, 0.29) is 39.2 Å². The van der Waals surface area contributed by atoms with Gasteiger partial charge in [0.05, 0.1) is 49.5 Å². The van der Waals surface area contributed by atoms with Crippen LogP contribution in [0.1, 0.15) is 27.4 Å². The van der Waals surface area contributed by atoms with Crippen LogP contribution in [0.25, 0.3) is 77.2 Å². The summed E-state index contributed by atoms with van der Waals surface area (Å²) in [5, 5.41) is 0.778.